The molecule has 0 spiro atoms. The maximum Gasteiger partial charge on any atom is 0.255 e. The van der Waals surface area contributed by atoms with Crippen molar-refractivity contribution in [1.29, 1.82) is 0 Å². The number of hydrogen-bond donors (Lipinski definition) is 1. The van der Waals surface area contributed by atoms with E-state index in [1.54, 1.807) is 0 Å². The van der Waals surface area contributed by atoms with Gasteiger partial charge in [-0.3, -0.25) is 14.7 Å². The summed E-state index contributed by atoms with van der Waals surface area (Å²) in [5.41, 5.74) is 0.252. The zero-order valence-corrected chi connectivity index (χ0v) is 4.34. The fourth-order valence-electron chi connectivity index (χ4n) is 0.426. The normalized spacial score (nSPS) is 8.89. The largest absolute Gasteiger partial charge is 0.283 e. The SMILES string of the molecule is O=[C]c1cc([C]=O)[nH]n1. The molecule has 9 heavy (non-hydrogen) atoms. The lowest BCUT2D eigenvalue weighted by molar-refractivity contribution is 0.560. The zero-order valence-electron chi connectivity index (χ0n) is 4.34. The maximum absolute atomic E-state index is 9.81. The number of aromatic nitrogens is 2. The molecule has 4 heteroatoms. The molecular formula is C5H2N2O2. The Labute approximate surface area is 50.9 Å². The van der Waals surface area contributed by atoms with Crippen molar-refractivity contribution in [3.63, 3.8) is 0 Å². The van der Waals surface area contributed by atoms with E-state index in [1.165, 1.54) is 18.6 Å². The lowest BCUT2D eigenvalue weighted by Crippen LogP contribution is -1.77. The molecule has 2 radical (unpaired) electrons. The van der Waals surface area contributed by atoms with Crippen LogP contribution in [0.3, 0.4) is 0 Å². The molecule has 0 aliphatic rings. The van der Waals surface area contributed by atoms with E-state index in [-0.39, 0.29) is 11.4 Å². The fraction of sp³-hybridized carbons (Fsp3) is 0. The van der Waals surface area contributed by atoms with Gasteiger partial charge >= 0.3 is 0 Å². The van der Waals surface area contributed by atoms with Crippen molar-refractivity contribution in [2.75, 3.05) is 0 Å². The molecule has 0 saturated carbocycles. The molecule has 0 unspecified atom stereocenters. The summed E-state index contributed by atoms with van der Waals surface area (Å²) in [6.45, 7) is 0. The third kappa shape index (κ3) is 1.02. The average Bonchev–Trinajstić information content (AvgIpc) is 2.34. The highest BCUT2D eigenvalue weighted by Crippen LogP contribution is 1.90. The van der Waals surface area contributed by atoms with Crippen LogP contribution in [0.4, 0.5) is 0 Å². The molecule has 1 heterocycles. The molecule has 4 nitrogen and oxygen atoms in total. The molecule has 1 aromatic heterocycles. The number of nitrogens with zero attached hydrogens (tertiary/aromatic N) is 1. The highest BCUT2D eigenvalue weighted by atomic mass is 16.1. The summed E-state index contributed by atoms with van der Waals surface area (Å²) in [6, 6.07) is 1.26. The quantitative estimate of drug-likeness (QED) is 0.565. The van der Waals surface area contributed by atoms with Crippen LogP contribution < -0.4 is 0 Å². The van der Waals surface area contributed by atoms with Gasteiger partial charge in [0.2, 0.25) is 0 Å². The summed E-state index contributed by atoms with van der Waals surface area (Å²) in [6.07, 6.45) is 3.05. The van der Waals surface area contributed by atoms with Crippen molar-refractivity contribution in [1.82, 2.24) is 10.2 Å². The van der Waals surface area contributed by atoms with Gasteiger partial charge in [-0.05, 0) is 6.07 Å². The topological polar surface area (TPSA) is 62.8 Å². The molecule has 0 saturated heterocycles. The summed E-state index contributed by atoms with van der Waals surface area (Å²) in [5.74, 6) is 0. The van der Waals surface area contributed by atoms with Crippen molar-refractivity contribution in [2.24, 2.45) is 0 Å². The summed E-state index contributed by atoms with van der Waals surface area (Å²) >= 11 is 0. The third-order valence-electron chi connectivity index (χ3n) is 0.792. The van der Waals surface area contributed by atoms with Gasteiger partial charge in [-0.2, -0.15) is 5.10 Å². The lowest BCUT2D eigenvalue weighted by Gasteiger charge is -1.65. The minimum absolute atomic E-state index is 0.0911. The Morgan fingerprint density at radius 1 is 1.44 bits per heavy atom. The molecule has 1 N–H and O–H groups in total. The van der Waals surface area contributed by atoms with Crippen LogP contribution in [0.15, 0.2) is 6.07 Å². The first kappa shape index (κ1) is 5.68. The summed E-state index contributed by atoms with van der Waals surface area (Å²) in [4.78, 5) is 19.6. The Balaban J connectivity index is 2.98. The van der Waals surface area contributed by atoms with E-state index >= 15 is 0 Å². The second-order valence-electron chi connectivity index (χ2n) is 1.37. The number of rotatable bonds is 2. The molecule has 0 aliphatic heterocycles. The predicted octanol–water partition coefficient (Wildman–Crippen LogP) is -0.675. The van der Waals surface area contributed by atoms with E-state index in [2.05, 4.69) is 10.2 Å². The van der Waals surface area contributed by atoms with Crippen LogP contribution in [0.1, 0.15) is 11.4 Å². The first-order chi connectivity index (χ1) is 4.36. The summed E-state index contributed by atoms with van der Waals surface area (Å²) in [7, 11) is 0. The Bertz CT molecular complexity index is 206. The monoisotopic (exact) mass is 122 g/mol. The lowest BCUT2D eigenvalue weighted by atomic mass is 10.4. The second-order valence-corrected chi connectivity index (χ2v) is 1.37. The minimum atomic E-state index is 0.0911. The van der Waals surface area contributed by atoms with E-state index in [4.69, 9.17) is 0 Å². The van der Waals surface area contributed by atoms with Gasteiger partial charge in [-0.15, -0.1) is 0 Å². The van der Waals surface area contributed by atoms with Gasteiger partial charge in [-0.25, -0.2) is 0 Å². The van der Waals surface area contributed by atoms with E-state index in [9.17, 15) is 9.59 Å². The van der Waals surface area contributed by atoms with E-state index < -0.39 is 0 Å². The molecule has 0 atom stereocenters. The van der Waals surface area contributed by atoms with Crippen molar-refractivity contribution >= 4 is 12.6 Å². The summed E-state index contributed by atoms with van der Waals surface area (Å²) in [5, 5.41) is 5.66. The van der Waals surface area contributed by atoms with Crippen LogP contribution in [0.2, 0.25) is 0 Å². The maximum atomic E-state index is 9.81. The van der Waals surface area contributed by atoms with Crippen molar-refractivity contribution in [3.05, 3.63) is 17.5 Å². The summed E-state index contributed by atoms with van der Waals surface area (Å²) < 4.78 is 0. The second kappa shape index (κ2) is 2.21. The standard InChI is InChI=1S/C5H2N2O2/c8-2-4-1-5(3-9)7-6-4/h1H,(H,6,7). The van der Waals surface area contributed by atoms with E-state index in [0.29, 0.717) is 0 Å². The van der Waals surface area contributed by atoms with Gasteiger partial charge in [-0.1, -0.05) is 0 Å². The predicted molar refractivity (Wildman–Crippen MR) is 28.2 cm³/mol. The fourth-order valence-corrected chi connectivity index (χ4v) is 0.426. The number of carbonyl (C=O) groups excluding carboxylic acids is 2. The van der Waals surface area contributed by atoms with Gasteiger partial charge in [0.25, 0.3) is 12.6 Å². The van der Waals surface area contributed by atoms with Gasteiger partial charge in [0.05, 0.1) is 0 Å². The van der Waals surface area contributed by atoms with Crippen molar-refractivity contribution < 1.29 is 9.59 Å². The van der Waals surface area contributed by atoms with Crippen LogP contribution in [-0.4, -0.2) is 22.8 Å². The number of hydrogen-bond acceptors (Lipinski definition) is 3. The number of nitrogens with one attached hydrogen (secondary N) is 1. The number of H-pyrrole nitrogens is 1. The molecule has 0 bridgehead atoms. The van der Waals surface area contributed by atoms with Crippen LogP contribution in [0.5, 0.6) is 0 Å². The Morgan fingerprint density at radius 2 is 2.22 bits per heavy atom. The molecule has 1 aromatic rings. The zero-order chi connectivity index (χ0) is 6.69. The minimum Gasteiger partial charge on any atom is -0.283 e. The van der Waals surface area contributed by atoms with E-state index in [1.807, 2.05) is 0 Å². The molecule has 1 rings (SSSR count). The van der Waals surface area contributed by atoms with Crippen molar-refractivity contribution in [2.45, 2.75) is 0 Å². The molecule has 44 valence electrons. The molecule has 0 aromatic carbocycles. The third-order valence-corrected chi connectivity index (χ3v) is 0.792. The van der Waals surface area contributed by atoms with Gasteiger partial charge in [0.15, 0.2) is 0 Å². The molecule has 0 fully saturated rings. The average molecular weight is 122 g/mol. The molecule has 0 amide bonds. The van der Waals surface area contributed by atoms with Crippen LogP contribution in [0, 0.1) is 0 Å². The van der Waals surface area contributed by atoms with Crippen LogP contribution >= 0.6 is 0 Å². The van der Waals surface area contributed by atoms with Crippen molar-refractivity contribution in [3.8, 4) is 0 Å². The van der Waals surface area contributed by atoms with Crippen LogP contribution in [-0.2, 0) is 9.59 Å². The van der Waals surface area contributed by atoms with Crippen LogP contribution in [0.25, 0.3) is 0 Å². The first-order valence-corrected chi connectivity index (χ1v) is 2.18. The van der Waals surface area contributed by atoms with E-state index in [0.717, 1.165) is 0 Å². The Hall–Kier alpha value is -1.45. The van der Waals surface area contributed by atoms with Gasteiger partial charge < -0.3 is 0 Å². The van der Waals surface area contributed by atoms with Gasteiger partial charge in [0.1, 0.15) is 11.4 Å². The smallest absolute Gasteiger partial charge is 0.255 e. The highest BCUT2D eigenvalue weighted by Gasteiger charge is 1.97. The highest BCUT2D eigenvalue weighted by molar-refractivity contribution is 5.78. The molecule has 0 aliphatic carbocycles. The number of aromatic amines is 1. The Morgan fingerprint density at radius 3 is 2.56 bits per heavy atom. The Kier molecular flexibility index (Phi) is 1.40. The molecular weight excluding hydrogens is 120 g/mol. The van der Waals surface area contributed by atoms with Gasteiger partial charge in [0, 0.05) is 0 Å². The first-order valence-electron chi connectivity index (χ1n) is 2.18.